The SMILES string of the molecule is C=CCc1ccccc1Cl.NC=O. The first-order valence-electron chi connectivity index (χ1n) is 3.76. The molecule has 0 heterocycles. The minimum atomic E-state index is 0.250. The van der Waals surface area contributed by atoms with Gasteiger partial charge in [0.05, 0.1) is 0 Å². The maximum absolute atomic E-state index is 8.58. The molecule has 1 aromatic carbocycles. The molecule has 1 amide bonds. The Morgan fingerprint density at radius 1 is 1.46 bits per heavy atom. The van der Waals surface area contributed by atoms with Crippen LogP contribution in [0.5, 0.6) is 0 Å². The molecule has 0 saturated heterocycles. The lowest BCUT2D eigenvalue weighted by atomic mass is 10.1. The fourth-order valence-electron chi connectivity index (χ4n) is 0.819. The average Bonchev–Trinajstić information content (AvgIpc) is 2.11. The molecule has 1 aromatic rings. The minimum absolute atomic E-state index is 0.250. The van der Waals surface area contributed by atoms with Crippen molar-refractivity contribution < 1.29 is 4.79 Å². The maximum Gasteiger partial charge on any atom is 0.204 e. The molecule has 0 unspecified atom stereocenters. The van der Waals surface area contributed by atoms with Crippen molar-refractivity contribution >= 4 is 18.0 Å². The molecule has 0 fully saturated rings. The normalized spacial score (nSPS) is 8.08. The lowest BCUT2D eigenvalue weighted by molar-refractivity contribution is -0.106. The number of hydrogen-bond acceptors (Lipinski definition) is 1. The summed E-state index contributed by atoms with van der Waals surface area (Å²) in [6, 6.07) is 7.80. The molecule has 0 aliphatic carbocycles. The quantitative estimate of drug-likeness (QED) is 0.573. The zero-order chi connectivity index (χ0) is 10.1. The lowest BCUT2D eigenvalue weighted by Crippen LogP contribution is -1.82. The number of halogens is 1. The van der Waals surface area contributed by atoms with Crippen LogP contribution in [0, 0.1) is 0 Å². The summed E-state index contributed by atoms with van der Waals surface area (Å²) in [7, 11) is 0. The van der Waals surface area contributed by atoms with Gasteiger partial charge in [-0.3, -0.25) is 4.79 Å². The molecule has 1 rings (SSSR count). The van der Waals surface area contributed by atoms with E-state index < -0.39 is 0 Å². The van der Waals surface area contributed by atoms with Gasteiger partial charge in [-0.25, -0.2) is 0 Å². The van der Waals surface area contributed by atoms with E-state index in [9.17, 15) is 0 Å². The van der Waals surface area contributed by atoms with Crippen LogP contribution < -0.4 is 5.73 Å². The highest BCUT2D eigenvalue weighted by molar-refractivity contribution is 6.31. The molecule has 13 heavy (non-hydrogen) atoms. The number of primary amides is 1. The Morgan fingerprint density at radius 2 is 2.00 bits per heavy atom. The van der Waals surface area contributed by atoms with Crippen molar-refractivity contribution in [3.8, 4) is 0 Å². The second-order valence-electron chi connectivity index (χ2n) is 2.22. The van der Waals surface area contributed by atoms with Gasteiger partial charge in [-0.05, 0) is 18.1 Å². The maximum atomic E-state index is 8.58. The van der Waals surface area contributed by atoms with Gasteiger partial charge in [-0.2, -0.15) is 0 Å². The van der Waals surface area contributed by atoms with Crippen LogP contribution in [0.1, 0.15) is 5.56 Å². The lowest BCUT2D eigenvalue weighted by Gasteiger charge is -1.97. The molecule has 0 aliphatic rings. The van der Waals surface area contributed by atoms with Gasteiger partial charge in [0.25, 0.3) is 0 Å². The molecule has 0 saturated carbocycles. The largest absolute Gasteiger partial charge is 0.372 e. The van der Waals surface area contributed by atoms with Gasteiger partial charge >= 0.3 is 0 Å². The predicted molar refractivity (Wildman–Crippen MR) is 55.6 cm³/mol. The van der Waals surface area contributed by atoms with Crippen molar-refractivity contribution in [1.82, 2.24) is 0 Å². The van der Waals surface area contributed by atoms with Crippen molar-refractivity contribution in [2.24, 2.45) is 5.73 Å². The first-order valence-corrected chi connectivity index (χ1v) is 4.13. The molecule has 0 atom stereocenters. The average molecular weight is 198 g/mol. The van der Waals surface area contributed by atoms with E-state index in [1.807, 2.05) is 30.3 Å². The number of amides is 1. The number of nitrogens with two attached hydrogens (primary N) is 1. The van der Waals surface area contributed by atoms with Crippen LogP contribution in [-0.2, 0) is 11.2 Å². The van der Waals surface area contributed by atoms with E-state index in [0.29, 0.717) is 0 Å². The number of rotatable bonds is 2. The third-order valence-corrected chi connectivity index (χ3v) is 1.69. The van der Waals surface area contributed by atoms with E-state index in [4.69, 9.17) is 16.4 Å². The number of benzene rings is 1. The molecular formula is C10H12ClNO. The Balaban J connectivity index is 0.000000424. The number of carbonyl (C=O) groups is 1. The highest BCUT2D eigenvalue weighted by atomic mass is 35.5. The third-order valence-electron chi connectivity index (χ3n) is 1.32. The predicted octanol–water partition coefficient (Wildman–Crippen LogP) is 2.17. The fourth-order valence-corrected chi connectivity index (χ4v) is 1.03. The molecule has 0 spiro atoms. The summed E-state index contributed by atoms with van der Waals surface area (Å²) >= 11 is 5.86. The van der Waals surface area contributed by atoms with Gasteiger partial charge in [0.1, 0.15) is 0 Å². The topological polar surface area (TPSA) is 43.1 Å². The number of carbonyl (C=O) groups excluding carboxylic acids is 1. The highest BCUT2D eigenvalue weighted by Crippen LogP contribution is 2.14. The van der Waals surface area contributed by atoms with Crippen LogP contribution in [0.15, 0.2) is 36.9 Å². The smallest absolute Gasteiger partial charge is 0.204 e. The van der Waals surface area contributed by atoms with Crippen molar-refractivity contribution in [2.45, 2.75) is 6.42 Å². The van der Waals surface area contributed by atoms with Crippen molar-refractivity contribution in [1.29, 1.82) is 0 Å². The molecule has 70 valence electrons. The zero-order valence-electron chi connectivity index (χ0n) is 7.24. The van der Waals surface area contributed by atoms with Crippen molar-refractivity contribution in [3.05, 3.63) is 47.5 Å². The van der Waals surface area contributed by atoms with Gasteiger partial charge in [-0.1, -0.05) is 35.9 Å². The van der Waals surface area contributed by atoms with Gasteiger partial charge in [0.15, 0.2) is 0 Å². The van der Waals surface area contributed by atoms with Gasteiger partial charge in [0.2, 0.25) is 6.41 Å². The first-order chi connectivity index (χ1) is 6.26. The third kappa shape index (κ3) is 5.04. The molecule has 3 heteroatoms. The van der Waals surface area contributed by atoms with E-state index in [1.165, 1.54) is 0 Å². The molecule has 2 N–H and O–H groups in total. The van der Waals surface area contributed by atoms with E-state index in [0.717, 1.165) is 17.0 Å². The summed E-state index contributed by atoms with van der Waals surface area (Å²) in [5.74, 6) is 0. The minimum Gasteiger partial charge on any atom is -0.372 e. The summed E-state index contributed by atoms with van der Waals surface area (Å²) in [5, 5.41) is 0.822. The Labute approximate surface area is 83.0 Å². The molecule has 0 radical (unpaired) electrons. The van der Waals surface area contributed by atoms with E-state index in [2.05, 4.69) is 12.3 Å². The summed E-state index contributed by atoms with van der Waals surface area (Å²) in [6.07, 6.45) is 2.95. The Morgan fingerprint density at radius 3 is 2.46 bits per heavy atom. The van der Waals surface area contributed by atoms with Crippen molar-refractivity contribution in [3.63, 3.8) is 0 Å². The monoisotopic (exact) mass is 197 g/mol. The summed E-state index contributed by atoms with van der Waals surface area (Å²) in [5.41, 5.74) is 5.30. The molecular weight excluding hydrogens is 186 g/mol. The van der Waals surface area contributed by atoms with E-state index in [-0.39, 0.29) is 6.41 Å². The van der Waals surface area contributed by atoms with Crippen LogP contribution in [-0.4, -0.2) is 6.41 Å². The molecule has 2 nitrogen and oxygen atoms in total. The van der Waals surface area contributed by atoms with Gasteiger partial charge in [-0.15, -0.1) is 6.58 Å². The highest BCUT2D eigenvalue weighted by Gasteiger charge is 1.93. The van der Waals surface area contributed by atoms with Gasteiger partial charge < -0.3 is 5.73 Å². The molecule has 0 aliphatic heterocycles. The van der Waals surface area contributed by atoms with Gasteiger partial charge in [0, 0.05) is 5.02 Å². The summed E-state index contributed by atoms with van der Waals surface area (Å²) in [4.78, 5) is 8.58. The van der Waals surface area contributed by atoms with Crippen LogP contribution in [0.25, 0.3) is 0 Å². The summed E-state index contributed by atoms with van der Waals surface area (Å²) < 4.78 is 0. The van der Waals surface area contributed by atoms with E-state index >= 15 is 0 Å². The first kappa shape index (κ1) is 11.7. The zero-order valence-corrected chi connectivity index (χ0v) is 8.00. The Hall–Kier alpha value is -1.28. The van der Waals surface area contributed by atoms with Crippen LogP contribution in [0.3, 0.4) is 0 Å². The number of hydrogen-bond donors (Lipinski definition) is 1. The van der Waals surface area contributed by atoms with Crippen LogP contribution in [0.4, 0.5) is 0 Å². The fraction of sp³-hybridized carbons (Fsp3) is 0.100. The van der Waals surface area contributed by atoms with Crippen LogP contribution >= 0.6 is 11.6 Å². The van der Waals surface area contributed by atoms with Crippen LogP contribution in [0.2, 0.25) is 5.02 Å². The number of allylic oxidation sites excluding steroid dienone is 1. The molecule has 0 aromatic heterocycles. The van der Waals surface area contributed by atoms with E-state index in [1.54, 1.807) is 0 Å². The Bertz CT molecular complexity index is 273. The summed E-state index contributed by atoms with van der Waals surface area (Å²) in [6.45, 7) is 3.64. The standard InChI is InChI=1S/C9H9Cl.CH3NO/c1-2-5-8-6-3-4-7-9(8)10;2-1-3/h2-4,6-7H,1,5H2;1H,(H2,2,3). The van der Waals surface area contributed by atoms with Crippen molar-refractivity contribution in [2.75, 3.05) is 0 Å². The molecule has 0 bridgehead atoms. The Kier molecular flexibility index (Phi) is 6.65. The second kappa shape index (κ2) is 7.37. The second-order valence-corrected chi connectivity index (χ2v) is 2.63.